The normalized spacial score (nSPS) is 13.4. The van der Waals surface area contributed by atoms with Crippen LogP contribution < -0.4 is 15.9 Å². The van der Waals surface area contributed by atoms with Crippen LogP contribution in [0, 0.1) is 0 Å². The zero-order chi connectivity index (χ0) is 27.2. The van der Waals surface area contributed by atoms with Crippen molar-refractivity contribution in [1.82, 2.24) is 0 Å². The number of rotatable bonds is 8. The van der Waals surface area contributed by atoms with Gasteiger partial charge in [-0.15, -0.1) is 0 Å². The third kappa shape index (κ3) is 4.59. The summed E-state index contributed by atoms with van der Waals surface area (Å²) in [6, 6.07) is 33.9. The van der Waals surface area contributed by atoms with Crippen molar-refractivity contribution >= 4 is 34.1 Å². The molecule has 38 heavy (non-hydrogen) atoms. The zero-order valence-electron chi connectivity index (χ0n) is 21.1. The van der Waals surface area contributed by atoms with Crippen molar-refractivity contribution in [1.29, 1.82) is 0 Å². The minimum absolute atomic E-state index is 0.104. The summed E-state index contributed by atoms with van der Waals surface area (Å²) in [7, 11) is 0.995. The Labute approximate surface area is 220 Å². The van der Waals surface area contributed by atoms with Crippen LogP contribution in [-0.4, -0.2) is 31.2 Å². The summed E-state index contributed by atoms with van der Waals surface area (Å²) >= 11 is 0. The summed E-state index contributed by atoms with van der Waals surface area (Å²) < 4.78 is 58.0. The molecule has 0 aliphatic rings. The van der Waals surface area contributed by atoms with E-state index in [4.69, 9.17) is 9.47 Å². The molecular weight excluding hydrogens is 508 g/mol. The van der Waals surface area contributed by atoms with Crippen LogP contribution in [-0.2, 0) is 19.9 Å². The first-order chi connectivity index (χ1) is 18.3. The SMILES string of the molecule is CCOC(=O)C(C(OC)(c1ccccc1)C(F)(F)F)=P(c1ccccc1)(c1ccccc1)c1ccccc1. The molecule has 1 atom stereocenters. The van der Waals surface area contributed by atoms with Crippen molar-refractivity contribution in [2.45, 2.75) is 18.7 Å². The summed E-state index contributed by atoms with van der Waals surface area (Å²) in [6.07, 6.45) is -5.02. The number of benzene rings is 4. The number of hydrogen-bond donors (Lipinski definition) is 0. The number of halogens is 3. The largest absolute Gasteiger partial charge is 0.462 e. The Balaban J connectivity index is 2.43. The number of methoxy groups -OCH3 is 1. The van der Waals surface area contributed by atoms with Gasteiger partial charge in [-0.1, -0.05) is 121 Å². The lowest BCUT2D eigenvalue weighted by atomic mass is 9.89. The Morgan fingerprint density at radius 1 is 0.684 bits per heavy atom. The molecule has 1 unspecified atom stereocenters. The van der Waals surface area contributed by atoms with Crippen molar-refractivity contribution in [2.24, 2.45) is 0 Å². The van der Waals surface area contributed by atoms with Crippen LogP contribution in [0.25, 0.3) is 0 Å². The first-order valence-electron chi connectivity index (χ1n) is 12.1. The van der Waals surface area contributed by atoms with Crippen molar-refractivity contribution in [2.75, 3.05) is 13.7 Å². The van der Waals surface area contributed by atoms with Crippen LogP contribution in [0.4, 0.5) is 13.2 Å². The monoisotopic (exact) mass is 536 g/mol. The van der Waals surface area contributed by atoms with Crippen LogP contribution in [0.3, 0.4) is 0 Å². The molecule has 4 rings (SSSR count). The highest BCUT2D eigenvalue weighted by molar-refractivity contribution is 7.96. The van der Waals surface area contributed by atoms with Gasteiger partial charge in [-0.05, 0) is 35.3 Å². The Kier molecular flexibility index (Phi) is 8.25. The number of carbonyl (C=O) groups excluding carboxylic acids is 1. The zero-order valence-corrected chi connectivity index (χ0v) is 22.0. The Hall–Kier alpha value is -3.60. The number of hydrogen-bond acceptors (Lipinski definition) is 3. The summed E-state index contributed by atoms with van der Waals surface area (Å²) in [4.78, 5) is 14.1. The van der Waals surface area contributed by atoms with E-state index in [0.29, 0.717) is 15.9 Å². The first kappa shape index (κ1) is 27.4. The molecule has 3 nitrogen and oxygen atoms in total. The van der Waals surface area contributed by atoms with Crippen molar-refractivity contribution < 1.29 is 27.4 Å². The van der Waals surface area contributed by atoms with Gasteiger partial charge in [0, 0.05) is 7.11 Å². The van der Waals surface area contributed by atoms with Crippen LogP contribution in [0.1, 0.15) is 12.5 Å². The Bertz CT molecular complexity index is 1300. The molecular formula is C31H28F3O3P. The topological polar surface area (TPSA) is 35.5 Å². The van der Waals surface area contributed by atoms with Crippen molar-refractivity contribution in [3.8, 4) is 0 Å². The van der Waals surface area contributed by atoms with Gasteiger partial charge in [0.05, 0.1) is 11.9 Å². The van der Waals surface area contributed by atoms with E-state index in [0.717, 1.165) is 7.11 Å². The van der Waals surface area contributed by atoms with Gasteiger partial charge in [0.25, 0.3) is 0 Å². The average molecular weight is 537 g/mol. The molecule has 7 heteroatoms. The quantitative estimate of drug-likeness (QED) is 0.210. The van der Waals surface area contributed by atoms with Gasteiger partial charge in [0.2, 0.25) is 5.60 Å². The highest BCUT2D eigenvalue weighted by atomic mass is 31.2. The standard InChI is InChI=1S/C31H28F3O3P/c1-3-37-29(35)28(30(36-2,31(32,33)34)24-16-8-4-9-17-24)38(25-18-10-5-11-19-25,26-20-12-6-13-21-26)27-22-14-7-15-23-27/h4-23H,3H2,1-2H3. The highest BCUT2D eigenvalue weighted by Crippen LogP contribution is 2.55. The van der Waals surface area contributed by atoms with Crippen LogP contribution in [0.15, 0.2) is 121 Å². The fraction of sp³-hybridized carbons (Fsp3) is 0.161. The fourth-order valence-corrected chi connectivity index (χ4v) is 9.63. The van der Waals surface area contributed by atoms with Gasteiger partial charge < -0.3 is 9.47 Å². The minimum Gasteiger partial charge on any atom is -0.462 e. The van der Waals surface area contributed by atoms with E-state index < -0.39 is 29.9 Å². The predicted molar refractivity (Wildman–Crippen MR) is 148 cm³/mol. The third-order valence-corrected chi connectivity index (χ3v) is 10.8. The molecule has 0 bridgehead atoms. The van der Waals surface area contributed by atoms with Crippen LogP contribution in [0.2, 0.25) is 0 Å². The molecule has 0 radical (unpaired) electrons. The van der Waals surface area contributed by atoms with Gasteiger partial charge in [-0.25, -0.2) is 4.79 Å². The van der Waals surface area contributed by atoms with Crippen LogP contribution in [0.5, 0.6) is 0 Å². The molecule has 0 amide bonds. The van der Waals surface area contributed by atoms with E-state index >= 15 is 13.2 Å². The van der Waals surface area contributed by atoms with E-state index in [1.165, 1.54) is 24.3 Å². The maximum absolute atomic E-state index is 15.7. The van der Waals surface area contributed by atoms with E-state index in [-0.39, 0.29) is 12.2 Å². The van der Waals surface area contributed by atoms with Crippen molar-refractivity contribution in [3.05, 3.63) is 127 Å². The molecule has 0 aliphatic heterocycles. The second kappa shape index (κ2) is 11.4. The summed E-state index contributed by atoms with van der Waals surface area (Å²) in [5.41, 5.74) is -3.30. The molecule has 0 saturated heterocycles. The van der Waals surface area contributed by atoms with E-state index in [9.17, 15) is 4.79 Å². The molecule has 0 aromatic heterocycles. The molecule has 0 heterocycles. The van der Waals surface area contributed by atoms with E-state index in [2.05, 4.69) is 0 Å². The number of alkyl halides is 3. The lowest BCUT2D eigenvalue weighted by Gasteiger charge is -2.42. The third-order valence-electron chi connectivity index (χ3n) is 6.45. The molecule has 0 spiro atoms. The van der Waals surface area contributed by atoms with Crippen LogP contribution >= 0.6 is 6.89 Å². The lowest BCUT2D eigenvalue weighted by Crippen LogP contribution is -2.56. The van der Waals surface area contributed by atoms with Crippen molar-refractivity contribution in [3.63, 3.8) is 0 Å². The predicted octanol–water partition coefficient (Wildman–Crippen LogP) is 5.82. The first-order valence-corrected chi connectivity index (χ1v) is 13.9. The minimum atomic E-state index is -5.02. The van der Waals surface area contributed by atoms with Gasteiger partial charge in [0.1, 0.15) is 0 Å². The highest BCUT2D eigenvalue weighted by Gasteiger charge is 2.64. The molecule has 0 N–H and O–H groups in total. The Morgan fingerprint density at radius 3 is 1.37 bits per heavy atom. The second-order valence-electron chi connectivity index (χ2n) is 8.50. The molecule has 196 valence electrons. The maximum atomic E-state index is 15.7. The molecule has 4 aromatic rings. The smallest absolute Gasteiger partial charge is 0.426 e. The lowest BCUT2D eigenvalue weighted by molar-refractivity contribution is -0.245. The maximum Gasteiger partial charge on any atom is 0.426 e. The van der Waals surface area contributed by atoms with Gasteiger partial charge in [-0.3, -0.25) is 0 Å². The molecule has 4 aromatic carbocycles. The number of carbonyl (C=O) groups is 1. The molecule has 0 saturated carbocycles. The number of ether oxygens (including phenoxy) is 2. The summed E-state index contributed by atoms with van der Waals surface area (Å²) in [5.74, 6) is -1.06. The molecule has 0 fully saturated rings. The molecule has 0 aliphatic carbocycles. The second-order valence-corrected chi connectivity index (χ2v) is 11.8. The summed E-state index contributed by atoms with van der Waals surface area (Å²) in [5, 5.41) is 1.22. The number of esters is 1. The van der Waals surface area contributed by atoms with Gasteiger partial charge in [0.15, 0.2) is 0 Å². The summed E-state index contributed by atoms with van der Waals surface area (Å²) in [6.45, 7) is -2.08. The van der Waals surface area contributed by atoms with Gasteiger partial charge in [-0.2, -0.15) is 13.2 Å². The fourth-order valence-electron chi connectivity index (χ4n) is 4.94. The van der Waals surface area contributed by atoms with E-state index in [1.54, 1.807) is 104 Å². The van der Waals surface area contributed by atoms with E-state index in [1.807, 2.05) is 0 Å². The Morgan fingerprint density at radius 2 is 1.05 bits per heavy atom. The average Bonchev–Trinajstić information content (AvgIpc) is 2.95. The van der Waals surface area contributed by atoms with Gasteiger partial charge >= 0.3 is 12.1 Å².